The van der Waals surface area contributed by atoms with Gasteiger partial charge < -0.3 is 14.6 Å². The van der Waals surface area contributed by atoms with Crippen LogP contribution in [0.25, 0.3) is 22.2 Å². The van der Waals surface area contributed by atoms with Crippen LogP contribution in [-0.2, 0) is 11.3 Å². The van der Waals surface area contributed by atoms with Crippen LogP contribution in [0.3, 0.4) is 0 Å². The van der Waals surface area contributed by atoms with Crippen LogP contribution in [-0.4, -0.2) is 22.6 Å². The van der Waals surface area contributed by atoms with Crippen molar-refractivity contribution in [3.05, 3.63) is 74.9 Å². The Balaban J connectivity index is 1.49. The van der Waals surface area contributed by atoms with Crippen LogP contribution in [0.4, 0.5) is 5.13 Å². The maximum atomic E-state index is 12.7. The van der Waals surface area contributed by atoms with Gasteiger partial charge in [0.05, 0.1) is 18.3 Å². The van der Waals surface area contributed by atoms with E-state index in [1.807, 2.05) is 50.4 Å². The number of rotatable bonds is 6. The zero-order valence-electron chi connectivity index (χ0n) is 18.6. The average Bonchev–Trinajstić information content (AvgIpc) is 3.22. The van der Waals surface area contributed by atoms with Crippen molar-refractivity contribution in [2.24, 2.45) is 0 Å². The van der Waals surface area contributed by atoms with Gasteiger partial charge in [0.15, 0.2) is 5.13 Å². The van der Waals surface area contributed by atoms with E-state index < -0.39 is 0 Å². The largest absolute Gasteiger partial charge is 0.497 e. The van der Waals surface area contributed by atoms with Crippen molar-refractivity contribution in [3.8, 4) is 17.0 Å². The molecule has 0 aliphatic carbocycles. The molecule has 2 aromatic heterocycles. The first-order valence-electron chi connectivity index (χ1n) is 10.4. The van der Waals surface area contributed by atoms with Gasteiger partial charge in [-0.05, 0) is 62.2 Å². The van der Waals surface area contributed by atoms with Crippen molar-refractivity contribution in [1.29, 1.82) is 0 Å². The minimum Gasteiger partial charge on any atom is -0.497 e. The van der Waals surface area contributed by atoms with Gasteiger partial charge in [0.2, 0.25) is 5.91 Å². The quantitative estimate of drug-likeness (QED) is 0.447. The van der Waals surface area contributed by atoms with Crippen molar-refractivity contribution in [2.75, 3.05) is 12.4 Å². The summed E-state index contributed by atoms with van der Waals surface area (Å²) in [6.07, 6.45) is 0.183. The van der Waals surface area contributed by atoms with Crippen molar-refractivity contribution in [2.45, 2.75) is 33.7 Å². The maximum Gasteiger partial charge on any atom is 0.251 e. The molecular formula is C25H25N3O3S. The van der Waals surface area contributed by atoms with Gasteiger partial charge in [-0.3, -0.25) is 9.59 Å². The molecule has 0 spiro atoms. The fraction of sp³-hybridized carbons (Fsp3) is 0.240. The van der Waals surface area contributed by atoms with E-state index in [1.54, 1.807) is 17.7 Å². The summed E-state index contributed by atoms with van der Waals surface area (Å²) < 4.78 is 6.88. The lowest BCUT2D eigenvalue weighted by Crippen LogP contribution is -2.24. The molecule has 4 aromatic rings. The Morgan fingerprint density at radius 1 is 1.09 bits per heavy atom. The van der Waals surface area contributed by atoms with Gasteiger partial charge in [-0.15, -0.1) is 11.3 Å². The van der Waals surface area contributed by atoms with Crippen LogP contribution in [0.1, 0.15) is 23.1 Å². The van der Waals surface area contributed by atoms with Gasteiger partial charge in [0.1, 0.15) is 5.75 Å². The predicted octanol–water partition coefficient (Wildman–Crippen LogP) is 5.09. The predicted molar refractivity (Wildman–Crippen MR) is 130 cm³/mol. The lowest BCUT2D eigenvalue weighted by Gasteiger charge is -2.15. The maximum absolute atomic E-state index is 12.7. The minimum atomic E-state index is -0.175. The highest BCUT2D eigenvalue weighted by Crippen LogP contribution is 2.27. The van der Waals surface area contributed by atoms with Crippen molar-refractivity contribution >= 4 is 33.3 Å². The number of anilines is 1. The lowest BCUT2D eigenvalue weighted by molar-refractivity contribution is -0.116. The number of nitrogens with zero attached hydrogens (tertiary/aromatic N) is 2. The molecule has 0 atom stereocenters. The van der Waals surface area contributed by atoms with Crippen LogP contribution < -0.4 is 15.6 Å². The molecule has 1 N–H and O–H groups in total. The first kappa shape index (κ1) is 21.8. The number of thiazole rings is 1. The summed E-state index contributed by atoms with van der Waals surface area (Å²) in [4.78, 5) is 29.8. The molecule has 2 aromatic carbocycles. The molecule has 0 saturated carbocycles. The Bertz CT molecular complexity index is 1350. The zero-order valence-corrected chi connectivity index (χ0v) is 19.4. The number of carbonyl (C=O) groups is 1. The van der Waals surface area contributed by atoms with Crippen LogP contribution in [0, 0.1) is 20.8 Å². The number of benzene rings is 2. The van der Waals surface area contributed by atoms with Crippen molar-refractivity contribution in [1.82, 2.24) is 9.55 Å². The number of aryl methyl sites for hydroxylation is 4. The van der Waals surface area contributed by atoms with Gasteiger partial charge in [-0.2, -0.15) is 0 Å². The third kappa shape index (κ3) is 4.43. The highest BCUT2D eigenvalue weighted by Gasteiger charge is 2.13. The molecular weight excluding hydrogens is 422 g/mol. The van der Waals surface area contributed by atoms with Crippen molar-refractivity contribution in [3.63, 3.8) is 0 Å². The third-order valence-electron chi connectivity index (χ3n) is 5.44. The number of carbonyl (C=O) groups excluding carboxylic acids is 1. The van der Waals surface area contributed by atoms with E-state index in [0.29, 0.717) is 11.7 Å². The molecule has 0 fully saturated rings. The SMILES string of the molecule is COc1ccc(-c2csc(NC(=O)CCn3c(=O)cc(C)c4cc(C)cc(C)c43)n2)cc1. The van der Waals surface area contributed by atoms with E-state index in [-0.39, 0.29) is 17.9 Å². The molecule has 0 aliphatic heterocycles. The van der Waals surface area contributed by atoms with Crippen molar-refractivity contribution < 1.29 is 9.53 Å². The molecule has 0 aliphatic rings. The summed E-state index contributed by atoms with van der Waals surface area (Å²) in [7, 11) is 1.63. The molecule has 0 unspecified atom stereocenters. The van der Waals surface area contributed by atoms with E-state index in [1.165, 1.54) is 11.3 Å². The van der Waals surface area contributed by atoms with E-state index >= 15 is 0 Å². The van der Waals surface area contributed by atoms with Gasteiger partial charge in [0, 0.05) is 35.4 Å². The number of nitrogens with one attached hydrogen (secondary N) is 1. The summed E-state index contributed by atoms with van der Waals surface area (Å²) in [5.74, 6) is 0.604. The summed E-state index contributed by atoms with van der Waals surface area (Å²) in [5, 5.41) is 6.34. The number of hydrogen-bond donors (Lipinski definition) is 1. The Kier molecular flexibility index (Phi) is 6.10. The molecule has 32 heavy (non-hydrogen) atoms. The van der Waals surface area contributed by atoms with Gasteiger partial charge >= 0.3 is 0 Å². The fourth-order valence-electron chi connectivity index (χ4n) is 3.91. The fourth-order valence-corrected chi connectivity index (χ4v) is 4.65. The molecule has 6 nitrogen and oxygen atoms in total. The first-order chi connectivity index (χ1) is 15.4. The van der Waals surface area contributed by atoms with Crippen LogP contribution >= 0.6 is 11.3 Å². The van der Waals surface area contributed by atoms with E-state index in [2.05, 4.69) is 22.4 Å². The van der Waals surface area contributed by atoms with Gasteiger partial charge in [0.25, 0.3) is 5.56 Å². The number of aromatic nitrogens is 2. The van der Waals surface area contributed by atoms with Crippen LogP contribution in [0.2, 0.25) is 0 Å². The number of ether oxygens (including phenoxy) is 1. The molecule has 164 valence electrons. The summed E-state index contributed by atoms with van der Waals surface area (Å²) in [5.41, 5.74) is 5.68. The van der Waals surface area contributed by atoms with Crippen LogP contribution in [0.5, 0.6) is 5.75 Å². The summed E-state index contributed by atoms with van der Waals surface area (Å²) in [6.45, 7) is 6.30. The number of hydrogen-bond acceptors (Lipinski definition) is 5. The van der Waals surface area contributed by atoms with E-state index in [4.69, 9.17) is 4.74 Å². The van der Waals surface area contributed by atoms with E-state index in [0.717, 1.165) is 44.6 Å². The summed E-state index contributed by atoms with van der Waals surface area (Å²) in [6, 6.07) is 13.4. The molecule has 7 heteroatoms. The third-order valence-corrected chi connectivity index (χ3v) is 6.20. The monoisotopic (exact) mass is 447 g/mol. The topological polar surface area (TPSA) is 73.2 Å². The Morgan fingerprint density at radius 2 is 1.84 bits per heavy atom. The number of fused-ring (bicyclic) bond motifs is 1. The highest BCUT2D eigenvalue weighted by atomic mass is 32.1. The van der Waals surface area contributed by atoms with Crippen LogP contribution in [0.15, 0.2) is 52.6 Å². The molecule has 4 rings (SSSR count). The van der Waals surface area contributed by atoms with E-state index in [9.17, 15) is 9.59 Å². The number of methoxy groups -OCH3 is 1. The van der Waals surface area contributed by atoms with Gasteiger partial charge in [-0.25, -0.2) is 4.98 Å². The standard InChI is InChI=1S/C25H25N3O3S/c1-15-11-17(3)24-20(12-15)16(2)13-23(30)28(24)10-9-22(29)27-25-26-21(14-32-25)18-5-7-19(31-4)8-6-18/h5-8,11-14H,9-10H2,1-4H3,(H,26,27,29). The second-order valence-corrected chi connectivity index (χ2v) is 8.72. The Labute approximate surface area is 190 Å². The summed E-state index contributed by atoms with van der Waals surface area (Å²) >= 11 is 1.37. The molecule has 0 saturated heterocycles. The second-order valence-electron chi connectivity index (χ2n) is 7.86. The second kappa shape index (κ2) is 8.96. The highest BCUT2D eigenvalue weighted by molar-refractivity contribution is 7.14. The number of pyridine rings is 1. The molecule has 0 bridgehead atoms. The first-order valence-corrected chi connectivity index (χ1v) is 11.2. The minimum absolute atomic E-state index is 0.0919. The van der Waals surface area contributed by atoms with Gasteiger partial charge in [-0.1, -0.05) is 11.6 Å². The number of amides is 1. The smallest absolute Gasteiger partial charge is 0.251 e. The lowest BCUT2D eigenvalue weighted by atomic mass is 10.0. The molecule has 1 amide bonds. The average molecular weight is 448 g/mol. The molecule has 2 heterocycles. The normalized spacial score (nSPS) is 11.0. The zero-order chi connectivity index (χ0) is 22.8. The Morgan fingerprint density at radius 3 is 2.56 bits per heavy atom. The Hall–Kier alpha value is -3.45. The molecule has 0 radical (unpaired) electrons.